The van der Waals surface area contributed by atoms with E-state index in [9.17, 15) is 9.59 Å². The van der Waals surface area contributed by atoms with Crippen LogP contribution in [-0.4, -0.2) is 60.0 Å². The van der Waals surface area contributed by atoms with Crippen LogP contribution in [0.15, 0.2) is 48.5 Å². The third-order valence-electron chi connectivity index (χ3n) is 9.91. The molecule has 1 amide bonds. The van der Waals surface area contributed by atoms with E-state index in [2.05, 4.69) is 4.90 Å². The molecule has 0 N–H and O–H groups in total. The third kappa shape index (κ3) is 3.71. The lowest BCUT2D eigenvalue weighted by Crippen LogP contribution is -2.69. The number of likely N-dealkylation sites (tertiary alicyclic amines) is 1. The Hall–Kier alpha value is -3.12. The molecule has 6 nitrogen and oxygen atoms in total. The Morgan fingerprint density at radius 2 is 1.95 bits per heavy atom. The first-order valence-corrected chi connectivity index (χ1v) is 14.2. The van der Waals surface area contributed by atoms with E-state index >= 15 is 0 Å². The lowest BCUT2D eigenvalue weighted by molar-refractivity contribution is -0.135. The summed E-state index contributed by atoms with van der Waals surface area (Å²) in [6.45, 7) is 3.71. The molecule has 2 aromatic carbocycles. The Morgan fingerprint density at radius 3 is 2.71 bits per heavy atom. The molecule has 6 heteroatoms. The van der Waals surface area contributed by atoms with E-state index in [0.29, 0.717) is 17.7 Å². The summed E-state index contributed by atoms with van der Waals surface area (Å²) in [6, 6.07) is 14.3. The van der Waals surface area contributed by atoms with E-state index < -0.39 is 0 Å². The van der Waals surface area contributed by atoms with Crippen LogP contribution >= 0.6 is 0 Å². The maximum atomic E-state index is 13.4. The quantitative estimate of drug-likeness (QED) is 0.322. The minimum atomic E-state index is -0.284. The predicted molar refractivity (Wildman–Crippen MR) is 145 cm³/mol. The van der Waals surface area contributed by atoms with Gasteiger partial charge in [-0.3, -0.25) is 14.5 Å². The van der Waals surface area contributed by atoms with Gasteiger partial charge in [0.05, 0.1) is 6.04 Å². The van der Waals surface area contributed by atoms with E-state index in [1.54, 1.807) is 6.08 Å². The highest BCUT2D eigenvalue weighted by atomic mass is 16.5. The van der Waals surface area contributed by atoms with E-state index in [4.69, 9.17) is 9.47 Å². The molecule has 0 unspecified atom stereocenters. The van der Waals surface area contributed by atoms with Gasteiger partial charge in [-0.25, -0.2) is 0 Å². The number of esters is 1. The molecule has 5 atom stereocenters. The number of carbonyl (C=O) groups is 2. The van der Waals surface area contributed by atoms with Gasteiger partial charge in [0.25, 0.3) is 0 Å². The highest BCUT2D eigenvalue weighted by molar-refractivity contribution is 5.92. The Labute approximate surface area is 224 Å². The van der Waals surface area contributed by atoms with Crippen LogP contribution in [0.4, 0.5) is 0 Å². The van der Waals surface area contributed by atoms with Crippen LogP contribution in [0.3, 0.4) is 0 Å². The number of amides is 1. The molecule has 7 rings (SSSR count). The molecule has 0 aromatic heterocycles. The first-order chi connectivity index (χ1) is 18.5. The molecule has 198 valence electrons. The molecule has 2 bridgehead atoms. The minimum Gasteiger partial charge on any atom is -0.487 e. The fourth-order valence-corrected chi connectivity index (χ4v) is 8.12. The Bertz CT molecular complexity index is 1300. The molecule has 2 aliphatic heterocycles. The number of hydrogen-bond donors (Lipinski definition) is 0. The Balaban J connectivity index is 1.25. The van der Waals surface area contributed by atoms with Crippen molar-refractivity contribution in [1.29, 1.82) is 0 Å². The molecular weight excluding hydrogens is 476 g/mol. The summed E-state index contributed by atoms with van der Waals surface area (Å²) in [7, 11) is 1.93. The molecule has 1 saturated heterocycles. The van der Waals surface area contributed by atoms with Gasteiger partial charge < -0.3 is 14.4 Å². The van der Waals surface area contributed by atoms with E-state index in [1.165, 1.54) is 31.9 Å². The lowest BCUT2D eigenvalue weighted by atomic mass is 9.51. The van der Waals surface area contributed by atoms with Gasteiger partial charge in [0.15, 0.2) is 0 Å². The summed E-state index contributed by atoms with van der Waals surface area (Å²) in [5.41, 5.74) is 3.28. The molecule has 3 fully saturated rings. The van der Waals surface area contributed by atoms with Gasteiger partial charge >= 0.3 is 5.97 Å². The molecule has 1 spiro atoms. The van der Waals surface area contributed by atoms with Gasteiger partial charge in [-0.1, -0.05) is 30.3 Å². The summed E-state index contributed by atoms with van der Waals surface area (Å²) < 4.78 is 12.6. The fraction of sp³-hybridized carbons (Fsp3) is 0.500. The van der Waals surface area contributed by atoms with Crippen molar-refractivity contribution in [2.75, 3.05) is 20.1 Å². The van der Waals surface area contributed by atoms with E-state index in [0.717, 1.165) is 55.0 Å². The summed E-state index contributed by atoms with van der Waals surface area (Å²) >= 11 is 0. The molecule has 0 radical (unpaired) electrons. The van der Waals surface area contributed by atoms with Gasteiger partial charge in [-0.05, 0) is 80.7 Å². The topological polar surface area (TPSA) is 59.1 Å². The van der Waals surface area contributed by atoms with Gasteiger partial charge in [0.2, 0.25) is 5.91 Å². The molecule has 38 heavy (non-hydrogen) atoms. The second kappa shape index (κ2) is 8.98. The van der Waals surface area contributed by atoms with E-state index in [-0.39, 0.29) is 29.4 Å². The van der Waals surface area contributed by atoms with Gasteiger partial charge in [-0.15, -0.1) is 0 Å². The molecule has 2 aromatic rings. The van der Waals surface area contributed by atoms with Crippen LogP contribution in [0.25, 0.3) is 6.08 Å². The highest BCUT2D eigenvalue weighted by Crippen LogP contribution is 2.64. The largest absolute Gasteiger partial charge is 0.487 e. The van der Waals surface area contributed by atoms with Crippen LogP contribution in [0.2, 0.25) is 0 Å². The number of carbonyl (C=O) groups excluding carboxylic acids is 2. The summed E-state index contributed by atoms with van der Waals surface area (Å²) in [5, 5.41) is 0. The number of likely N-dealkylation sites (N-methyl/N-ethyl adjacent to an activating group) is 1. The second-order valence-electron chi connectivity index (χ2n) is 12.0. The van der Waals surface area contributed by atoms with Crippen LogP contribution in [0, 0.1) is 11.8 Å². The number of hydrogen-bond acceptors (Lipinski definition) is 5. The first-order valence-electron chi connectivity index (χ1n) is 14.2. The van der Waals surface area contributed by atoms with Crippen molar-refractivity contribution in [3.8, 4) is 11.5 Å². The van der Waals surface area contributed by atoms with Crippen molar-refractivity contribution in [1.82, 2.24) is 9.80 Å². The number of rotatable bonds is 6. The summed E-state index contributed by atoms with van der Waals surface area (Å²) in [5.74, 6) is 2.65. The molecule has 2 heterocycles. The maximum Gasteiger partial charge on any atom is 0.308 e. The SMILES string of the molecule is CC(=O)Oc1ccc2c3c1C[C@@H]1[C@@H]4CC[C@H](N(C)C(=O)C=Cc5ccccc5)[C@H](O2)[C@]34CCN1CC1CC1. The first kappa shape index (κ1) is 24.0. The molecular formula is C32H36N2O4. The van der Waals surface area contributed by atoms with Crippen LogP contribution in [-0.2, 0) is 21.4 Å². The predicted octanol–water partition coefficient (Wildman–Crippen LogP) is 4.60. The van der Waals surface area contributed by atoms with Crippen LogP contribution in [0.5, 0.6) is 11.5 Å². The van der Waals surface area contributed by atoms with Crippen molar-refractivity contribution in [3.63, 3.8) is 0 Å². The van der Waals surface area contributed by atoms with Crippen molar-refractivity contribution in [3.05, 3.63) is 65.2 Å². The zero-order chi connectivity index (χ0) is 26.0. The average Bonchev–Trinajstić information content (AvgIpc) is 3.67. The Kier molecular flexibility index (Phi) is 5.66. The standard InChI is InChI=1S/C32H36N2O4/c1-20(35)37-27-13-14-28-30-23(27)18-26-24-11-12-25(33(2)29(36)15-10-21-6-4-3-5-7-21)31(38-28)32(24,30)16-17-34(26)19-22-8-9-22/h3-7,10,13-15,22,24-26,31H,8-9,11-12,16-19H2,1-2H3/t24-,25-,26+,31-,32-/m0/s1. The zero-order valence-electron chi connectivity index (χ0n) is 22.3. The summed E-state index contributed by atoms with van der Waals surface area (Å²) in [6.07, 6.45) is 10.1. The molecule has 5 aliphatic rings. The minimum absolute atomic E-state index is 0.00705. The van der Waals surface area contributed by atoms with Crippen LogP contribution in [0.1, 0.15) is 55.7 Å². The maximum absolute atomic E-state index is 13.4. The number of nitrogens with zero attached hydrogens (tertiary/aromatic N) is 2. The van der Waals surface area contributed by atoms with Gasteiger partial charge in [0.1, 0.15) is 17.6 Å². The molecule has 3 aliphatic carbocycles. The highest BCUT2D eigenvalue weighted by Gasteiger charge is 2.66. The number of benzene rings is 2. The van der Waals surface area contributed by atoms with Gasteiger partial charge in [-0.2, -0.15) is 0 Å². The number of ether oxygens (including phenoxy) is 2. The second-order valence-corrected chi connectivity index (χ2v) is 12.0. The van der Waals surface area contributed by atoms with E-state index in [1.807, 2.05) is 60.5 Å². The van der Waals surface area contributed by atoms with Crippen molar-refractivity contribution >= 4 is 18.0 Å². The van der Waals surface area contributed by atoms with Crippen molar-refractivity contribution < 1.29 is 19.1 Å². The van der Waals surface area contributed by atoms with Crippen molar-refractivity contribution in [2.45, 2.75) is 69.1 Å². The van der Waals surface area contributed by atoms with Gasteiger partial charge in [0, 0.05) is 49.2 Å². The third-order valence-corrected chi connectivity index (χ3v) is 9.91. The smallest absolute Gasteiger partial charge is 0.308 e. The monoisotopic (exact) mass is 512 g/mol. The molecule has 2 saturated carbocycles. The van der Waals surface area contributed by atoms with Crippen LogP contribution < -0.4 is 9.47 Å². The average molecular weight is 513 g/mol. The van der Waals surface area contributed by atoms with Crippen molar-refractivity contribution in [2.24, 2.45) is 11.8 Å². The summed E-state index contributed by atoms with van der Waals surface area (Å²) in [4.78, 5) is 30.0. The normalized spacial score (nSPS) is 31.0. The Morgan fingerprint density at radius 1 is 1.13 bits per heavy atom. The number of piperidine rings is 1. The fourth-order valence-electron chi connectivity index (χ4n) is 8.12. The zero-order valence-corrected chi connectivity index (χ0v) is 22.3. The lowest BCUT2D eigenvalue weighted by Gasteiger charge is -2.60.